The molecule has 1 aliphatic heterocycles. The quantitative estimate of drug-likeness (QED) is 0.834. The Balaban J connectivity index is 1.50. The Kier molecular flexibility index (Phi) is 5.78. The highest BCUT2D eigenvalue weighted by atomic mass is 19.1. The molecule has 0 saturated carbocycles. The van der Waals surface area contributed by atoms with Crippen LogP contribution in [0.5, 0.6) is 0 Å². The zero-order valence-corrected chi connectivity index (χ0v) is 14.8. The van der Waals surface area contributed by atoms with Crippen molar-refractivity contribution in [1.82, 2.24) is 19.9 Å². The largest absolute Gasteiger partial charge is 0.387 e. The normalized spacial score (nSPS) is 17.0. The number of carbonyl (C=O) groups excluding carboxylic acids is 1. The van der Waals surface area contributed by atoms with E-state index in [2.05, 4.69) is 10.3 Å². The van der Waals surface area contributed by atoms with Crippen molar-refractivity contribution in [2.45, 2.75) is 32.4 Å². The van der Waals surface area contributed by atoms with E-state index in [0.717, 1.165) is 19.4 Å². The van der Waals surface area contributed by atoms with Crippen LogP contribution in [0.4, 0.5) is 4.39 Å². The zero-order valence-electron chi connectivity index (χ0n) is 14.8. The van der Waals surface area contributed by atoms with Gasteiger partial charge in [-0.05, 0) is 37.8 Å². The van der Waals surface area contributed by atoms with Crippen molar-refractivity contribution >= 4 is 12.0 Å². The zero-order chi connectivity index (χ0) is 18.5. The first-order chi connectivity index (χ1) is 12.5. The third kappa shape index (κ3) is 4.54. The molecule has 1 amide bonds. The van der Waals surface area contributed by atoms with Crippen molar-refractivity contribution in [3.8, 4) is 0 Å². The fourth-order valence-electron chi connectivity index (χ4n) is 3.07. The molecule has 26 heavy (non-hydrogen) atoms. The Morgan fingerprint density at radius 1 is 1.38 bits per heavy atom. The van der Waals surface area contributed by atoms with Crippen LogP contribution in [0, 0.1) is 11.7 Å². The maximum atomic E-state index is 13.6. The minimum Gasteiger partial charge on any atom is -0.387 e. The lowest BCUT2D eigenvalue weighted by Crippen LogP contribution is -2.38. The first kappa shape index (κ1) is 18.3. The van der Waals surface area contributed by atoms with Gasteiger partial charge in [-0.1, -0.05) is 23.4 Å². The number of hydrogen-bond donors (Lipinski definition) is 1. The molecule has 0 bridgehead atoms. The van der Waals surface area contributed by atoms with Crippen LogP contribution in [0.1, 0.15) is 37.1 Å². The summed E-state index contributed by atoms with van der Waals surface area (Å²) in [5.74, 6) is -0.0124. The molecule has 7 heteroatoms. The molecule has 1 atom stereocenters. The van der Waals surface area contributed by atoms with E-state index in [9.17, 15) is 14.3 Å². The predicted molar refractivity (Wildman–Crippen MR) is 95.4 cm³/mol. The highest BCUT2D eigenvalue weighted by Gasteiger charge is 2.22. The van der Waals surface area contributed by atoms with Gasteiger partial charge in [0.05, 0.1) is 12.3 Å². The number of benzene rings is 1. The van der Waals surface area contributed by atoms with Gasteiger partial charge in [-0.3, -0.25) is 9.48 Å². The second-order valence-corrected chi connectivity index (χ2v) is 6.66. The molecule has 1 aromatic heterocycles. The van der Waals surface area contributed by atoms with Crippen LogP contribution in [0.15, 0.2) is 36.5 Å². The number of rotatable bonds is 5. The SMILES string of the molecule is CC(O)c1cn(CC2CCN(C(=O)/C=C/c3ccccc3F)CC2)nn1. The summed E-state index contributed by atoms with van der Waals surface area (Å²) in [4.78, 5) is 14.1. The van der Waals surface area contributed by atoms with Crippen LogP contribution in [0.25, 0.3) is 6.08 Å². The van der Waals surface area contributed by atoms with Gasteiger partial charge in [-0.25, -0.2) is 4.39 Å². The molecule has 6 nitrogen and oxygen atoms in total. The molecule has 1 unspecified atom stereocenters. The van der Waals surface area contributed by atoms with E-state index in [1.807, 2.05) is 0 Å². The van der Waals surface area contributed by atoms with Crippen LogP contribution in [-0.4, -0.2) is 44.0 Å². The lowest BCUT2D eigenvalue weighted by molar-refractivity contribution is -0.127. The summed E-state index contributed by atoms with van der Waals surface area (Å²) in [7, 11) is 0. The fraction of sp³-hybridized carbons (Fsp3) is 0.421. The molecule has 1 N–H and O–H groups in total. The van der Waals surface area contributed by atoms with Crippen LogP contribution in [0.3, 0.4) is 0 Å². The van der Waals surface area contributed by atoms with Crippen molar-refractivity contribution in [3.63, 3.8) is 0 Å². The van der Waals surface area contributed by atoms with Crippen molar-refractivity contribution in [1.29, 1.82) is 0 Å². The first-order valence-corrected chi connectivity index (χ1v) is 8.82. The van der Waals surface area contributed by atoms with Crippen LogP contribution in [0.2, 0.25) is 0 Å². The molecular formula is C19H23FN4O2. The van der Waals surface area contributed by atoms with E-state index in [1.54, 1.807) is 40.9 Å². The molecule has 1 aromatic carbocycles. The summed E-state index contributed by atoms with van der Waals surface area (Å²) in [6.07, 6.45) is 5.86. The van der Waals surface area contributed by atoms with Gasteiger partial charge < -0.3 is 10.0 Å². The van der Waals surface area contributed by atoms with Gasteiger partial charge in [-0.15, -0.1) is 5.10 Å². The molecule has 138 valence electrons. The highest BCUT2D eigenvalue weighted by molar-refractivity contribution is 5.91. The molecule has 1 fully saturated rings. The molecular weight excluding hydrogens is 335 g/mol. The van der Waals surface area contributed by atoms with Gasteiger partial charge in [-0.2, -0.15) is 0 Å². The maximum Gasteiger partial charge on any atom is 0.246 e. The Labute approximate surface area is 151 Å². The number of piperidine rings is 1. The summed E-state index contributed by atoms with van der Waals surface area (Å²) in [5.41, 5.74) is 0.978. The lowest BCUT2D eigenvalue weighted by atomic mass is 9.97. The number of amides is 1. The second kappa shape index (κ2) is 8.23. The Morgan fingerprint density at radius 2 is 2.12 bits per heavy atom. The van der Waals surface area contributed by atoms with Crippen molar-refractivity contribution in [3.05, 3.63) is 53.6 Å². The first-order valence-electron chi connectivity index (χ1n) is 8.82. The van der Waals surface area contributed by atoms with Crippen LogP contribution >= 0.6 is 0 Å². The van der Waals surface area contributed by atoms with Crippen LogP contribution in [-0.2, 0) is 11.3 Å². The van der Waals surface area contributed by atoms with Gasteiger partial charge >= 0.3 is 0 Å². The molecule has 0 radical (unpaired) electrons. The number of halogens is 1. The van der Waals surface area contributed by atoms with E-state index in [0.29, 0.717) is 30.3 Å². The topological polar surface area (TPSA) is 71.2 Å². The third-order valence-corrected chi connectivity index (χ3v) is 4.67. The molecule has 1 saturated heterocycles. The predicted octanol–water partition coefficient (Wildman–Crippen LogP) is 2.42. The Hall–Kier alpha value is -2.54. The Bertz CT molecular complexity index is 779. The van der Waals surface area contributed by atoms with Crippen molar-refractivity contribution in [2.24, 2.45) is 5.92 Å². The maximum absolute atomic E-state index is 13.6. The lowest BCUT2D eigenvalue weighted by Gasteiger charge is -2.31. The van der Waals surface area contributed by atoms with E-state index in [4.69, 9.17) is 0 Å². The number of aliphatic hydroxyl groups excluding tert-OH is 1. The van der Waals surface area contributed by atoms with Gasteiger partial charge in [0.2, 0.25) is 5.91 Å². The fourth-order valence-corrected chi connectivity index (χ4v) is 3.07. The third-order valence-electron chi connectivity index (χ3n) is 4.67. The van der Waals surface area contributed by atoms with E-state index < -0.39 is 6.10 Å². The van der Waals surface area contributed by atoms with E-state index in [-0.39, 0.29) is 11.7 Å². The highest BCUT2D eigenvalue weighted by Crippen LogP contribution is 2.20. The molecule has 2 aromatic rings. The number of hydrogen-bond acceptors (Lipinski definition) is 4. The second-order valence-electron chi connectivity index (χ2n) is 6.66. The summed E-state index contributed by atoms with van der Waals surface area (Å²) in [6, 6.07) is 6.39. The number of aliphatic hydroxyl groups is 1. The molecule has 1 aliphatic rings. The molecule has 0 spiro atoms. The molecule has 0 aliphatic carbocycles. The Morgan fingerprint density at radius 3 is 2.77 bits per heavy atom. The average Bonchev–Trinajstić information content (AvgIpc) is 3.10. The minimum absolute atomic E-state index is 0.0937. The van der Waals surface area contributed by atoms with E-state index in [1.165, 1.54) is 18.2 Å². The summed E-state index contributed by atoms with van der Waals surface area (Å²) in [6.45, 7) is 3.73. The number of aromatic nitrogens is 3. The van der Waals surface area contributed by atoms with Gasteiger partial charge in [0.25, 0.3) is 0 Å². The average molecular weight is 358 g/mol. The van der Waals surface area contributed by atoms with Crippen LogP contribution < -0.4 is 0 Å². The van der Waals surface area contributed by atoms with Gasteiger partial charge in [0.1, 0.15) is 11.5 Å². The molecule has 3 rings (SSSR count). The summed E-state index contributed by atoms with van der Waals surface area (Å²) in [5, 5.41) is 17.5. The number of carbonyl (C=O) groups is 1. The summed E-state index contributed by atoms with van der Waals surface area (Å²) >= 11 is 0. The standard InChI is InChI=1S/C19H23FN4O2/c1-14(25)18-13-24(22-21-18)12-15-8-10-23(11-9-15)19(26)7-6-16-4-2-3-5-17(16)20/h2-7,13-15,25H,8-12H2,1H3/b7-6+. The monoisotopic (exact) mass is 358 g/mol. The number of likely N-dealkylation sites (tertiary alicyclic amines) is 1. The van der Waals surface area contributed by atoms with Gasteiger partial charge in [0.15, 0.2) is 0 Å². The smallest absolute Gasteiger partial charge is 0.246 e. The number of nitrogens with zero attached hydrogens (tertiary/aromatic N) is 4. The minimum atomic E-state index is -0.621. The van der Waals surface area contributed by atoms with E-state index >= 15 is 0 Å². The van der Waals surface area contributed by atoms with Crippen molar-refractivity contribution < 1.29 is 14.3 Å². The van der Waals surface area contributed by atoms with Crippen molar-refractivity contribution in [2.75, 3.05) is 13.1 Å². The van der Waals surface area contributed by atoms with Gasteiger partial charge in [0, 0.05) is 31.3 Å². The summed E-state index contributed by atoms with van der Waals surface area (Å²) < 4.78 is 15.3. The molecule has 2 heterocycles.